The molecule has 0 aromatic heterocycles. The summed E-state index contributed by atoms with van der Waals surface area (Å²) in [5.74, 6) is -1.61. The van der Waals surface area contributed by atoms with Crippen LogP contribution in [0.1, 0.15) is 24.2 Å². The fraction of sp³-hybridized carbons (Fsp3) is 0.263. The van der Waals surface area contributed by atoms with Gasteiger partial charge >= 0.3 is 5.97 Å². The molecule has 0 unspecified atom stereocenters. The lowest BCUT2D eigenvalue weighted by molar-refractivity contribution is -0.119. The minimum atomic E-state index is -3.90. The molecule has 0 aliphatic carbocycles. The van der Waals surface area contributed by atoms with Gasteiger partial charge in [0.1, 0.15) is 4.90 Å². The van der Waals surface area contributed by atoms with E-state index in [1.807, 2.05) is 0 Å². The van der Waals surface area contributed by atoms with Gasteiger partial charge in [0, 0.05) is 18.1 Å². The monoisotopic (exact) mass is 526 g/mol. The topological polar surface area (TPSA) is 92.8 Å². The number of hydrogen-bond acceptors (Lipinski definition) is 5. The van der Waals surface area contributed by atoms with Crippen molar-refractivity contribution in [2.75, 3.05) is 25.0 Å². The molecule has 168 valence electrons. The number of halogens is 4. The van der Waals surface area contributed by atoms with E-state index >= 15 is 0 Å². The summed E-state index contributed by atoms with van der Waals surface area (Å²) in [6, 6.07) is 6.48. The van der Waals surface area contributed by atoms with E-state index in [4.69, 9.17) is 51.1 Å². The minimum Gasteiger partial charge on any atom is -0.452 e. The van der Waals surface area contributed by atoms with Crippen molar-refractivity contribution >= 4 is 74.0 Å². The highest BCUT2D eigenvalue weighted by molar-refractivity contribution is 7.89. The summed E-state index contributed by atoms with van der Waals surface area (Å²) in [5.41, 5.74) is 0.0402. The predicted molar refractivity (Wildman–Crippen MR) is 122 cm³/mol. The average Bonchev–Trinajstić information content (AvgIpc) is 2.69. The largest absolute Gasteiger partial charge is 0.452 e. The van der Waals surface area contributed by atoms with Gasteiger partial charge in [0.15, 0.2) is 6.61 Å². The van der Waals surface area contributed by atoms with Gasteiger partial charge in [-0.1, -0.05) is 60.3 Å². The number of benzene rings is 2. The molecule has 12 heteroatoms. The molecular formula is C19H18Cl4N2O5S. The second-order valence-corrected chi connectivity index (χ2v) is 9.67. The molecule has 2 aromatic rings. The number of rotatable bonds is 8. The molecule has 0 aliphatic heterocycles. The second kappa shape index (κ2) is 10.8. The predicted octanol–water partition coefficient (Wildman–Crippen LogP) is 5.13. The van der Waals surface area contributed by atoms with Crippen LogP contribution in [0.25, 0.3) is 0 Å². The Morgan fingerprint density at radius 1 is 0.968 bits per heavy atom. The fourth-order valence-corrected chi connectivity index (χ4v) is 5.45. The maximum absolute atomic E-state index is 12.7. The summed E-state index contributed by atoms with van der Waals surface area (Å²) in [5, 5.41) is 2.90. The normalized spacial score (nSPS) is 11.5. The molecule has 1 amide bonds. The van der Waals surface area contributed by atoms with Crippen LogP contribution in [0.3, 0.4) is 0 Å². The maximum atomic E-state index is 12.7. The van der Waals surface area contributed by atoms with E-state index in [1.54, 1.807) is 13.8 Å². The summed E-state index contributed by atoms with van der Waals surface area (Å²) in [7, 11) is -3.90. The molecule has 0 saturated heterocycles. The van der Waals surface area contributed by atoms with Crippen LogP contribution in [0, 0.1) is 0 Å². The quantitative estimate of drug-likeness (QED) is 0.480. The first-order valence-electron chi connectivity index (χ1n) is 8.92. The molecule has 7 nitrogen and oxygen atoms in total. The smallest absolute Gasteiger partial charge is 0.338 e. The molecule has 0 fully saturated rings. The minimum absolute atomic E-state index is 0.0341. The molecule has 0 radical (unpaired) electrons. The van der Waals surface area contributed by atoms with Gasteiger partial charge in [-0.2, -0.15) is 4.31 Å². The van der Waals surface area contributed by atoms with Crippen molar-refractivity contribution in [1.82, 2.24) is 4.31 Å². The van der Waals surface area contributed by atoms with Crippen molar-refractivity contribution in [3.8, 4) is 0 Å². The number of ether oxygens (including phenoxy) is 1. The number of anilines is 1. The highest BCUT2D eigenvalue weighted by atomic mass is 35.5. The Kier molecular flexibility index (Phi) is 9.00. The molecule has 2 aromatic carbocycles. The number of nitrogens with one attached hydrogen (secondary N) is 1. The third-order valence-corrected chi connectivity index (χ3v) is 7.44. The molecule has 1 N–H and O–H groups in total. The second-order valence-electron chi connectivity index (χ2n) is 6.10. The van der Waals surface area contributed by atoms with Gasteiger partial charge in [0.2, 0.25) is 10.0 Å². The fourth-order valence-electron chi connectivity index (χ4n) is 2.58. The third-order valence-electron chi connectivity index (χ3n) is 4.10. The standard InChI is InChI=1S/C19H18Cl4N2O5S/c1-3-25(4-2)31(28,29)16-7-11(5-6-13(16)21)19(27)30-10-17(26)24-18-14(22)8-12(20)9-15(18)23/h5-9H,3-4,10H2,1-2H3,(H,24,26). The summed E-state index contributed by atoms with van der Waals surface area (Å²) >= 11 is 23.9. The van der Waals surface area contributed by atoms with Crippen LogP contribution in [0.4, 0.5) is 5.69 Å². The van der Waals surface area contributed by atoms with Gasteiger partial charge in [-0.05, 0) is 30.3 Å². The highest BCUT2D eigenvalue weighted by Gasteiger charge is 2.26. The van der Waals surface area contributed by atoms with E-state index in [2.05, 4.69) is 5.32 Å². The van der Waals surface area contributed by atoms with Crippen LogP contribution >= 0.6 is 46.4 Å². The van der Waals surface area contributed by atoms with Crippen molar-refractivity contribution in [3.63, 3.8) is 0 Å². The van der Waals surface area contributed by atoms with E-state index in [9.17, 15) is 18.0 Å². The lowest BCUT2D eigenvalue weighted by atomic mass is 10.2. The van der Waals surface area contributed by atoms with Crippen LogP contribution in [-0.4, -0.2) is 44.3 Å². The molecule has 0 bridgehead atoms. The molecule has 0 atom stereocenters. The van der Waals surface area contributed by atoms with Gasteiger partial charge in [-0.15, -0.1) is 0 Å². The number of carbonyl (C=O) groups is 2. The van der Waals surface area contributed by atoms with E-state index in [-0.39, 0.29) is 49.3 Å². The van der Waals surface area contributed by atoms with Crippen molar-refractivity contribution in [3.05, 3.63) is 56.0 Å². The SMILES string of the molecule is CCN(CC)S(=O)(=O)c1cc(C(=O)OCC(=O)Nc2c(Cl)cc(Cl)cc2Cl)ccc1Cl. The molecule has 2 rings (SSSR count). The summed E-state index contributed by atoms with van der Waals surface area (Å²) < 4.78 is 31.7. The molecule has 0 aliphatic rings. The summed E-state index contributed by atoms with van der Waals surface area (Å²) in [6.45, 7) is 3.18. The van der Waals surface area contributed by atoms with Crippen LogP contribution in [0.15, 0.2) is 35.2 Å². The van der Waals surface area contributed by atoms with Crippen molar-refractivity contribution in [1.29, 1.82) is 0 Å². The van der Waals surface area contributed by atoms with Gasteiger partial charge in [0.05, 0.1) is 26.3 Å². The van der Waals surface area contributed by atoms with Gasteiger partial charge < -0.3 is 10.1 Å². The van der Waals surface area contributed by atoms with Crippen LogP contribution in [0.5, 0.6) is 0 Å². The highest BCUT2D eigenvalue weighted by Crippen LogP contribution is 2.33. The zero-order valence-corrected chi connectivity index (χ0v) is 20.3. The maximum Gasteiger partial charge on any atom is 0.338 e. The number of carbonyl (C=O) groups excluding carboxylic acids is 2. The molecule has 0 saturated carbocycles. The first-order chi connectivity index (χ1) is 14.5. The van der Waals surface area contributed by atoms with Crippen LogP contribution in [0.2, 0.25) is 20.1 Å². The number of esters is 1. The van der Waals surface area contributed by atoms with E-state index in [0.29, 0.717) is 0 Å². The van der Waals surface area contributed by atoms with E-state index in [0.717, 1.165) is 6.07 Å². The molecule has 0 heterocycles. The van der Waals surface area contributed by atoms with Crippen LogP contribution < -0.4 is 5.32 Å². The number of sulfonamides is 1. The van der Waals surface area contributed by atoms with Gasteiger partial charge in [0.25, 0.3) is 5.91 Å². The Bertz CT molecular complexity index is 1080. The lowest BCUT2D eigenvalue weighted by Crippen LogP contribution is -2.31. The van der Waals surface area contributed by atoms with E-state index < -0.39 is 28.5 Å². The first-order valence-corrected chi connectivity index (χ1v) is 11.9. The van der Waals surface area contributed by atoms with Gasteiger partial charge in [-0.25, -0.2) is 13.2 Å². The zero-order chi connectivity index (χ0) is 23.3. The first kappa shape index (κ1) is 25.7. The van der Waals surface area contributed by atoms with Crippen molar-refractivity contribution in [2.24, 2.45) is 0 Å². The van der Waals surface area contributed by atoms with E-state index in [1.165, 1.54) is 28.6 Å². The summed E-state index contributed by atoms with van der Waals surface area (Å²) in [4.78, 5) is 24.3. The average molecular weight is 528 g/mol. The summed E-state index contributed by atoms with van der Waals surface area (Å²) in [6.07, 6.45) is 0. The zero-order valence-electron chi connectivity index (χ0n) is 16.4. The Labute approximate surface area is 200 Å². The number of hydrogen-bond donors (Lipinski definition) is 1. The van der Waals surface area contributed by atoms with Gasteiger partial charge in [-0.3, -0.25) is 4.79 Å². The van der Waals surface area contributed by atoms with Crippen molar-refractivity contribution < 1.29 is 22.7 Å². The Morgan fingerprint density at radius 2 is 1.55 bits per heavy atom. The lowest BCUT2D eigenvalue weighted by Gasteiger charge is -2.19. The molecule has 0 spiro atoms. The third kappa shape index (κ3) is 6.25. The van der Waals surface area contributed by atoms with Crippen molar-refractivity contribution in [2.45, 2.75) is 18.7 Å². The Hall–Kier alpha value is -1.55. The molecule has 31 heavy (non-hydrogen) atoms. The Balaban J connectivity index is 2.14. The van der Waals surface area contributed by atoms with Crippen LogP contribution in [-0.2, 0) is 19.6 Å². The molecular weight excluding hydrogens is 510 g/mol. The number of amides is 1. The Morgan fingerprint density at radius 3 is 2.10 bits per heavy atom. The number of nitrogens with zero attached hydrogens (tertiary/aromatic N) is 1.